The van der Waals surface area contributed by atoms with E-state index in [2.05, 4.69) is 47.7 Å². The quantitative estimate of drug-likeness (QED) is 0.491. The number of benzene rings is 1. The number of aryl methyl sites for hydroxylation is 1. The Bertz CT molecular complexity index is 519. The van der Waals surface area contributed by atoms with Crippen molar-refractivity contribution < 1.29 is 0 Å². The smallest absolute Gasteiger partial charge is 0.0827 e. The molecule has 1 aromatic carbocycles. The molecule has 3 heteroatoms. The largest absolute Gasteiger partial charge is 0.248 e. The number of aromatic nitrogens is 3. The lowest BCUT2D eigenvalue weighted by Gasteiger charge is -2.01. The lowest BCUT2D eigenvalue weighted by atomic mass is 10.1. The average molecular weight is 314 g/mol. The highest BCUT2D eigenvalue weighted by molar-refractivity contribution is 5.14. The molecule has 0 bridgehead atoms. The maximum Gasteiger partial charge on any atom is 0.0827 e. The second kappa shape index (κ2) is 11.0. The van der Waals surface area contributed by atoms with E-state index in [1.54, 1.807) is 0 Å². The number of rotatable bonds is 12. The van der Waals surface area contributed by atoms with Gasteiger partial charge in [-0.2, -0.15) is 0 Å². The van der Waals surface area contributed by atoms with Gasteiger partial charge < -0.3 is 0 Å². The van der Waals surface area contributed by atoms with Crippen LogP contribution in [0.25, 0.3) is 0 Å². The van der Waals surface area contributed by atoms with Gasteiger partial charge in [0.15, 0.2) is 0 Å². The van der Waals surface area contributed by atoms with Crippen LogP contribution in [0.1, 0.15) is 76.0 Å². The minimum Gasteiger partial charge on any atom is -0.248 e. The van der Waals surface area contributed by atoms with Gasteiger partial charge in [0.2, 0.25) is 0 Å². The van der Waals surface area contributed by atoms with Crippen LogP contribution in [0.2, 0.25) is 0 Å². The summed E-state index contributed by atoms with van der Waals surface area (Å²) in [5.74, 6) is 0. The predicted octanol–water partition coefficient (Wildman–Crippen LogP) is 5.40. The van der Waals surface area contributed by atoms with Gasteiger partial charge in [0.25, 0.3) is 0 Å². The lowest BCUT2D eigenvalue weighted by molar-refractivity contribution is 0.563. The molecule has 0 saturated heterocycles. The number of unbranched alkanes of at least 4 members (excludes halogenated alkanes) is 8. The summed E-state index contributed by atoms with van der Waals surface area (Å²) in [6, 6.07) is 10.4. The van der Waals surface area contributed by atoms with Gasteiger partial charge in [-0.25, -0.2) is 4.68 Å². The van der Waals surface area contributed by atoms with Crippen molar-refractivity contribution in [1.82, 2.24) is 15.0 Å². The van der Waals surface area contributed by atoms with Gasteiger partial charge in [-0.15, -0.1) is 5.10 Å². The second-order valence-corrected chi connectivity index (χ2v) is 6.47. The summed E-state index contributed by atoms with van der Waals surface area (Å²) >= 11 is 0. The van der Waals surface area contributed by atoms with E-state index < -0.39 is 0 Å². The molecule has 0 saturated carbocycles. The topological polar surface area (TPSA) is 30.7 Å². The van der Waals surface area contributed by atoms with Gasteiger partial charge in [0, 0.05) is 6.20 Å². The molecular formula is C20H31N3. The molecular weight excluding hydrogens is 283 g/mol. The molecule has 2 rings (SSSR count). The third-order valence-corrected chi connectivity index (χ3v) is 4.31. The summed E-state index contributed by atoms with van der Waals surface area (Å²) in [5, 5.41) is 8.53. The first-order valence-corrected chi connectivity index (χ1v) is 9.31. The van der Waals surface area contributed by atoms with Crippen molar-refractivity contribution in [2.24, 2.45) is 0 Å². The van der Waals surface area contributed by atoms with Crippen LogP contribution >= 0.6 is 0 Å². The third-order valence-electron chi connectivity index (χ3n) is 4.31. The van der Waals surface area contributed by atoms with Gasteiger partial charge >= 0.3 is 0 Å². The summed E-state index contributed by atoms with van der Waals surface area (Å²) in [6.07, 6.45) is 15.5. The Hall–Kier alpha value is -1.64. The van der Waals surface area contributed by atoms with Crippen LogP contribution in [0.4, 0.5) is 0 Å². The molecule has 0 atom stereocenters. The van der Waals surface area contributed by atoms with E-state index in [0.717, 1.165) is 18.7 Å². The van der Waals surface area contributed by atoms with Gasteiger partial charge in [-0.05, 0) is 18.4 Å². The number of nitrogens with zero attached hydrogens (tertiary/aromatic N) is 3. The first-order chi connectivity index (χ1) is 11.4. The van der Waals surface area contributed by atoms with Crippen molar-refractivity contribution in [3.8, 4) is 0 Å². The molecule has 0 aliphatic carbocycles. The Morgan fingerprint density at radius 2 is 1.48 bits per heavy atom. The fourth-order valence-corrected chi connectivity index (χ4v) is 2.92. The van der Waals surface area contributed by atoms with Gasteiger partial charge in [-0.3, -0.25) is 0 Å². The van der Waals surface area contributed by atoms with Crippen molar-refractivity contribution in [3.63, 3.8) is 0 Å². The fourth-order valence-electron chi connectivity index (χ4n) is 2.92. The summed E-state index contributed by atoms with van der Waals surface area (Å²) in [7, 11) is 0. The van der Waals surface area contributed by atoms with E-state index in [0.29, 0.717) is 0 Å². The van der Waals surface area contributed by atoms with E-state index in [4.69, 9.17) is 0 Å². The maximum atomic E-state index is 4.29. The van der Waals surface area contributed by atoms with Gasteiger partial charge in [0.05, 0.1) is 12.2 Å². The van der Waals surface area contributed by atoms with Gasteiger partial charge in [-0.1, -0.05) is 93.8 Å². The molecule has 2 aromatic rings. The van der Waals surface area contributed by atoms with Crippen molar-refractivity contribution >= 4 is 0 Å². The fraction of sp³-hybridized carbons (Fsp3) is 0.600. The molecule has 0 amide bonds. The minimum atomic E-state index is 0.811. The molecule has 126 valence electrons. The minimum absolute atomic E-state index is 0.811. The molecule has 1 aromatic heterocycles. The van der Waals surface area contributed by atoms with E-state index in [9.17, 15) is 0 Å². The summed E-state index contributed by atoms with van der Waals surface area (Å²) < 4.78 is 1.94. The first-order valence-electron chi connectivity index (χ1n) is 9.31. The molecule has 0 N–H and O–H groups in total. The molecule has 0 radical (unpaired) electrons. The zero-order valence-corrected chi connectivity index (χ0v) is 14.6. The van der Waals surface area contributed by atoms with Crippen LogP contribution in [-0.4, -0.2) is 15.0 Å². The first kappa shape index (κ1) is 17.7. The second-order valence-electron chi connectivity index (χ2n) is 6.47. The Balaban J connectivity index is 1.55. The van der Waals surface area contributed by atoms with Crippen molar-refractivity contribution in [2.75, 3.05) is 0 Å². The Labute approximate surface area is 141 Å². The monoisotopic (exact) mass is 314 g/mol. The van der Waals surface area contributed by atoms with Crippen molar-refractivity contribution in [1.29, 1.82) is 0 Å². The van der Waals surface area contributed by atoms with E-state index in [1.165, 1.54) is 63.4 Å². The van der Waals surface area contributed by atoms with E-state index >= 15 is 0 Å². The summed E-state index contributed by atoms with van der Waals surface area (Å²) in [5.41, 5.74) is 2.40. The van der Waals surface area contributed by atoms with Crippen LogP contribution in [0.15, 0.2) is 36.5 Å². The zero-order chi connectivity index (χ0) is 16.2. The molecule has 0 aliphatic heterocycles. The predicted molar refractivity (Wildman–Crippen MR) is 96.5 cm³/mol. The highest BCUT2D eigenvalue weighted by atomic mass is 15.5. The Morgan fingerprint density at radius 3 is 2.17 bits per heavy atom. The molecule has 0 spiro atoms. The van der Waals surface area contributed by atoms with E-state index in [1.807, 2.05) is 10.7 Å². The van der Waals surface area contributed by atoms with E-state index in [-0.39, 0.29) is 0 Å². The SMILES string of the molecule is CCCCCCCCCCCc1[13cH]n(Cc2ccccc2)nn1. The lowest BCUT2D eigenvalue weighted by Crippen LogP contribution is -1.99. The average Bonchev–Trinajstić information content (AvgIpc) is 3.01. The van der Waals surface area contributed by atoms with Crippen LogP contribution in [0, 0.1) is 0 Å². The highest BCUT2D eigenvalue weighted by Gasteiger charge is 2.01. The van der Waals surface area contributed by atoms with Crippen LogP contribution < -0.4 is 0 Å². The maximum absolute atomic E-state index is 4.29. The highest BCUT2D eigenvalue weighted by Crippen LogP contribution is 2.11. The summed E-state index contributed by atoms with van der Waals surface area (Å²) in [4.78, 5) is 0. The third kappa shape index (κ3) is 7.45. The Morgan fingerprint density at radius 1 is 0.826 bits per heavy atom. The van der Waals surface area contributed by atoms with Crippen molar-refractivity contribution in [2.45, 2.75) is 77.7 Å². The zero-order valence-electron chi connectivity index (χ0n) is 14.6. The van der Waals surface area contributed by atoms with Crippen LogP contribution in [0.5, 0.6) is 0 Å². The Kier molecular flexibility index (Phi) is 8.46. The normalized spacial score (nSPS) is 11.0. The number of hydrogen-bond donors (Lipinski definition) is 0. The molecule has 0 fully saturated rings. The molecule has 3 nitrogen and oxygen atoms in total. The number of hydrogen-bond acceptors (Lipinski definition) is 2. The van der Waals surface area contributed by atoms with Gasteiger partial charge in [0.1, 0.15) is 0 Å². The van der Waals surface area contributed by atoms with Crippen LogP contribution in [0.3, 0.4) is 0 Å². The van der Waals surface area contributed by atoms with Crippen molar-refractivity contribution in [3.05, 3.63) is 47.8 Å². The summed E-state index contributed by atoms with van der Waals surface area (Å²) in [6.45, 7) is 3.08. The standard InChI is InChI=1S/C20H31N3/c1-2-3-4-5-6-7-8-9-13-16-20-18-23(22-21-20)17-19-14-11-10-12-15-19/h10-12,14-15,18H,2-9,13,16-17H2,1H3/i18+1. The van der Waals surface area contributed by atoms with Crippen LogP contribution in [-0.2, 0) is 13.0 Å². The molecule has 0 aliphatic rings. The molecule has 1 heterocycles. The molecule has 0 unspecified atom stereocenters. The molecule has 23 heavy (non-hydrogen) atoms.